The normalized spacial score (nSPS) is 17.5. The Morgan fingerprint density at radius 3 is 2.29 bits per heavy atom. The second-order valence-corrected chi connectivity index (χ2v) is 8.23. The third-order valence-corrected chi connectivity index (χ3v) is 6.12. The molecular formula is C24H27F2N3O2. The number of para-hydroxylation sites is 1. The molecule has 164 valence electrons. The monoisotopic (exact) mass is 427 g/mol. The van der Waals surface area contributed by atoms with Crippen LogP contribution in [-0.2, 0) is 0 Å². The molecule has 0 spiro atoms. The van der Waals surface area contributed by atoms with Crippen LogP contribution in [0.1, 0.15) is 52.8 Å². The lowest BCUT2D eigenvalue weighted by atomic mass is 10.0. The van der Waals surface area contributed by atoms with Gasteiger partial charge in [0, 0.05) is 44.0 Å². The number of amides is 2. The van der Waals surface area contributed by atoms with Crippen molar-refractivity contribution in [3.63, 3.8) is 0 Å². The average Bonchev–Trinajstić information content (AvgIpc) is 2.79. The summed E-state index contributed by atoms with van der Waals surface area (Å²) in [7, 11) is 0. The lowest BCUT2D eigenvalue weighted by Crippen LogP contribution is -2.45. The van der Waals surface area contributed by atoms with Crippen molar-refractivity contribution < 1.29 is 18.4 Å². The molecule has 0 atom stereocenters. The second kappa shape index (κ2) is 9.45. The number of likely N-dealkylation sites (tertiary alicyclic amines) is 1. The minimum atomic E-state index is -0.861. The van der Waals surface area contributed by atoms with E-state index in [1.165, 1.54) is 6.42 Å². The van der Waals surface area contributed by atoms with Crippen molar-refractivity contribution in [2.75, 3.05) is 31.1 Å². The minimum Gasteiger partial charge on any atom is -0.371 e. The molecule has 0 saturated carbocycles. The summed E-state index contributed by atoms with van der Waals surface area (Å²) in [6.07, 6.45) is 4.63. The third kappa shape index (κ3) is 4.86. The zero-order valence-electron chi connectivity index (χ0n) is 17.4. The van der Waals surface area contributed by atoms with E-state index in [1.54, 1.807) is 0 Å². The van der Waals surface area contributed by atoms with Crippen LogP contribution in [0.25, 0.3) is 0 Å². The molecule has 2 heterocycles. The van der Waals surface area contributed by atoms with Gasteiger partial charge in [-0.3, -0.25) is 9.59 Å². The number of nitrogens with zero attached hydrogens (tertiary/aromatic N) is 2. The first kappa shape index (κ1) is 21.3. The first-order valence-electron chi connectivity index (χ1n) is 10.9. The highest BCUT2D eigenvalue weighted by Crippen LogP contribution is 2.26. The van der Waals surface area contributed by atoms with Crippen LogP contribution in [0.3, 0.4) is 0 Å². The molecule has 0 bridgehead atoms. The molecule has 5 nitrogen and oxygen atoms in total. The highest BCUT2D eigenvalue weighted by Gasteiger charge is 2.26. The predicted octanol–water partition coefficient (Wildman–Crippen LogP) is 3.99. The highest BCUT2D eigenvalue weighted by molar-refractivity contribution is 6.00. The van der Waals surface area contributed by atoms with Gasteiger partial charge in [0.05, 0.1) is 11.1 Å². The molecule has 2 aromatic carbocycles. The van der Waals surface area contributed by atoms with Crippen LogP contribution in [-0.4, -0.2) is 48.9 Å². The maximum Gasteiger partial charge on any atom is 0.255 e. The smallest absolute Gasteiger partial charge is 0.255 e. The summed E-state index contributed by atoms with van der Waals surface area (Å²) in [4.78, 5) is 29.6. The van der Waals surface area contributed by atoms with E-state index < -0.39 is 17.5 Å². The van der Waals surface area contributed by atoms with Crippen molar-refractivity contribution in [2.45, 2.75) is 38.1 Å². The Balaban J connectivity index is 1.39. The second-order valence-electron chi connectivity index (χ2n) is 8.23. The van der Waals surface area contributed by atoms with Gasteiger partial charge < -0.3 is 15.1 Å². The van der Waals surface area contributed by atoms with Gasteiger partial charge in [0.2, 0.25) is 0 Å². The van der Waals surface area contributed by atoms with Gasteiger partial charge in [0.25, 0.3) is 11.8 Å². The molecule has 1 N–H and O–H groups in total. The van der Waals surface area contributed by atoms with Gasteiger partial charge in [0.15, 0.2) is 0 Å². The zero-order chi connectivity index (χ0) is 21.8. The van der Waals surface area contributed by atoms with Gasteiger partial charge in [-0.1, -0.05) is 12.1 Å². The molecule has 2 saturated heterocycles. The highest BCUT2D eigenvalue weighted by atomic mass is 19.1. The van der Waals surface area contributed by atoms with E-state index in [-0.39, 0.29) is 17.5 Å². The van der Waals surface area contributed by atoms with E-state index in [4.69, 9.17) is 0 Å². The molecule has 0 radical (unpaired) electrons. The van der Waals surface area contributed by atoms with Crippen molar-refractivity contribution in [3.8, 4) is 0 Å². The lowest BCUT2D eigenvalue weighted by Gasteiger charge is -2.36. The quantitative estimate of drug-likeness (QED) is 0.803. The van der Waals surface area contributed by atoms with E-state index in [9.17, 15) is 18.4 Å². The first-order chi connectivity index (χ1) is 15.0. The fourth-order valence-electron chi connectivity index (χ4n) is 4.40. The van der Waals surface area contributed by atoms with Gasteiger partial charge in [-0.2, -0.15) is 0 Å². The Morgan fingerprint density at radius 2 is 1.58 bits per heavy atom. The number of hydrogen-bond donors (Lipinski definition) is 1. The summed E-state index contributed by atoms with van der Waals surface area (Å²) >= 11 is 0. The fourth-order valence-corrected chi connectivity index (χ4v) is 4.40. The number of carbonyl (C=O) groups is 2. The Labute approximate surface area is 181 Å². The predicted molar refractivity (Wildman–Crippen MR) is 115 cm³/mol. The van der Waals surface area contributed by atoms with E-state index in [0.717, 1.165) is 49.3 Å². The largest absolute Gasteiger partial charge is 0.371 e. The first-order valence-corrected chi connectivity index (χ1v) is 10.9. The van der Waals surface area contributed by atoms with Gasteiger partial charge in [-0.05, 0) is 56.4 Å². The number of anilines is 1. The molecule has 4 rings (SSSR count). The zero-order valence-corrected chi connectivity index (χ0v) is 17.4. The standard InChI is InChI=1S/C24H27F2N3O2/c25-17-8-9-19(21(26)16-17)23(30)27-18-10-14-28(15-11-18)22-7-3-2-6-20(22)24(31)29-12-4-1-5-13-29/h2-3,6-9,16,18H,1,4-5,10-15H2,(H,27,30). The molecule has 0 aromatic heterocycles. The van der Waals surface area contributed by atoms with Gasteiger partial charge in [-0.15, -0.1) is 0 Å². The molecule has 2 amide bonds. The number of carbonyl (C=O) groups excluding carboxylic acids is 2. The summed E-state index contributed by atoms with van der Waals surface area (Å²) in [6, 6.07) is 10.6. The Hall–Kier alpha value is -2.96. The fraction of sp³-hybridized carbons (Fsp3) is 0.417. The summed E-state index contributed by atoms with van der Waals surface area (Å²) in [5.41, 5.74) is 1.49. The van der Waals surface area contributed by atoms with Crippen molar-refractivity contribution in [2.24, 2.45) is 0 Å². The van der Waals surface area contributed by atoms with Gasteiger partial charge in [0.1, 0.15) is 11.6 Å². The molecule has 0 aliphatic carbocycles. The average molecular weight is 427 g/mol. The molecule has 7 heteroatoms. The Bertz CT molecular complexity index is 952. The van der Waals surface area contributed by atoms with Crippen molar-refractivity contribution >= 4 is 17.5 Å². The number of hydrogen-bond acceptors (Lipinski definition) is 3. The number of nitrogens with one attached hydrogen (secondary N) is 1. The van der Waals surface area contributed by atoms with E-state index >= 15 is 0 Å². The summed E-state index contributed by atoms with van der Waals surface area (Å²) in [5, 5.41) is 2.85. The van der Waals surface area contributed by atoms with Crippen LogP contribution in [0.2, 0.25) is 0 Å². The topological polar surface area (TPSA) is 52.7 Å². The van der Waals surface area contributed by atoms with Crippen molar-refractivity contribution in [3.05, 3.63) is 65.2 Å². The molecule has 2 aromatic rings. The molecule has 31 heavy (non-hydrogen) atoms. The van der Waals surface area contributed by atoms with Crippen LogP contribution in [0.5, 0.6) is 0 Å². The SMILES string of the molecule is O=C(NC1CCN(c2ccccc2C(=O)N2CCCCC2)CC1)c1ccc(F)cc1F. The number of rotatable bonds is 4. The third-order valence-electron chi connectivity index (χ3n) is 6.12. The molecule has 2 aliphatic heterocycles. The van der Waals surface area contributed by atoms with Crippen LogP contribution < -0.4 is 10.2 Å². The van der Waals surface area contributed by atoms with Crippen LogP contribution >= 0.6 is 0 Å². The lowest BCUT2D eigenvalue weighted by molar-refractivity contribution is 0.0724. The minimum absolute atomic E-state index is 0.0810. The van der Waals surface area contributed by atoms with Gasteiger partial charge >= 0.3 is 0 Å². The summed E-state index contributed by atoms with van der Waals surface area (Å²) in [6.45, 7) is 2.98. The maximum atomic E-state index is 13.9. The molecule has 2 fully saturated rings. The van der Waals surface area contributed by atoms with Crippen molar-refractivity contribution in [1.82, 2.24) is 10.2 Å². The Morgan fingerprint density at radius 1 is 0.871 bits per heavy atom. The van der Waals surface area contributed by atoms with Crippen LogP contribution in [0.4, 0.5) is 14.5 Å². The maximum absolute atomic E-state index is 13.9. The van der Waals surface area contributed by atoms with E-state index in [2.05, 4.69) is 10.2 Å². The van der Waals surface area contributed by atoms with E-state index in [0.29, 0.717) is 32.0 Å². The van der Waals surface area contributed by atoms with Gasteiger partial charge in [-0.25, -0.2) is 8.78 Å². The molecule has 0 unspecified atom stereocenters. The van der Waals surface area contributed by atoms with Crippen molar-refractivity contribution in [1.29, 1.82) is 0 Å². The molecular weight excluding hydrogens is 400 g/mol. The Kier molecular flexibility index (Phi) is 6.49. The number of halogens is 2. The van der Waals surface area contributed by atoms with Crippen LogP contribution in [0, 0.1) is 11.6 Å². The molecule has 2 aliphatic rings. The van der Waals surface area contributed by atoms with E-state index in [1.807, 2.05) is 29.2 Å². The van der Waals surface area contributed by atoms with Crippen LogP contribution in [0.15, 0.2) is 42.5 Å². The number of piperidine rings is 2. The summed E-state index contributed by atoms with van der Waals surface area (Å²) < 4.78 is 26.9. The number of benzene rings is 2. The summed E-state index contributed by atoms with van der Waals surface area (Å²) in [5.74, 6) is -2.02.